The summed E-state index contributed by atoms with van der Waals surface area (Å²) in [6.45, 7) is 4.60. The van der Waals surface area contributed by atoms with E-state index in [9.17, 15) is 18.0 Å². The minimum Gasteiger partial charge on any atom is -0.443 e. The van der Waals surface area contributed by atoms with E-state index in [4.69, 9.17) is 10.00 Å². The minimum absolute atomic E-state index is 0.0868. The smallest absolute Gasteiger partial charge is 0.443 e. The highest BCUT2D eigenvalue weighted by atomic mass is 19.4. The van der Waals surface area contributed by atoms with Crippen LogP contribution in [0.1, 0.15) is 20.8 Å². The number of alkyl halides is 3. The van der Waals surface area contributed by atoms with E-state index in [-0.39, 0.29) is 23.4 Å². The first-order chi connectivity index (χ1) is 13.0. The molecule has 9 heteroatoms. The average molecular weight is 393 g/mol. The maximum atomic E-state index is 12.8. The Morgan fingerprint density at radius 1 is 1.18 bits per heavy atom. The van der Waals surface area contributed by atoms with Crippen LogP contribution in [-0.2, 0) is 4.74 Å². The van der Waals surface area contributed by atoms with Crippen molar-refractivity contribution in [3.63, 3.8) is 0 Å². The van der Waals surface area contributed by atoms with E-state index in [1.54, 1.807) is 20.8 Å². The zero-order valence-electron chi connectivity index (χ0n) is 15.4. The normalized spacial score (nSPS) is 11.5. The van der Waals surface area contributed by atoms with Gasteiger partial charge in [0.2, 0.25) is 0 Å². The lowest BCUT2D eigenvalue weighted by Crippen LogP contribution is -2.37. The van der Waals surface area contributed by atoms with Gasteiger partial charge in [-0.15, -0.1) is 13.2 Å². The molecule has 0 saturated carbocycles. The molecule has 6 nitrogen and oxygen atoms in total. The number of ether oxygens (including phenoxy) is 2. The van der Waals surface area contributed by atoms with Gasteiger partial charge >= 0.3 is 12.5 Å². The van der Waals surface area contributed by atoms with Crippen molar-refractivity contribution in [1.29, 1.82) is 5.26 Å². The number of aromatic nitrogens is 1. The molecule has 1 amide bonds. The predicted octanol–water partition coefficient (Wildman–Crippen LogP) is 4.91. The van der Waals surface area contributed by atoms with Crippen molar-refractivity contribution in [1.82, 2.24) is 4.98 Å². The Balaban J connectivity index is 2.56. The summed E-state index contributed by atoms with van der Waals surface area (Å²) in [4.78, 5) is 17.5. The van der Waals surface area contributed by atoms with Crippen LogP contribution in [0.4, 0.5) is 23.7 Å². The van der Waals surface area contributed by atoms with E-state index >= 15 is 0 Å². The minimum atomic E-state index is -4.89. The number of carbonyl (C=O) groups excluding carboxylic acids is 1. The molecule has 1 aromatic carbocycles. The van der Waals surface area contributed by atoms with Crippen LogP contribution in [0.3, 0.4) is 0 Å². The monoisotopic (exact) mass is 393 g/mol. The van der Waals surface area contributed by atoms with Gasteiger partial charge in [-0.3, -0.25) is 9.88 Å². The number of hydrogen-bond acceptors (Lipinski definition) is 5. The van der Waals surface area contributed by atoms with Crippen LogP contribution in [0, 0.1) is 11.3 Å². The van der Waals surface area contributed by atoms with Gasteiger partial charge in [-0.05, 0) is 32.9 Å². The molecular weight excluding hydrogens is 375 g/mol. The fraction of sp³-hybridized carbons (Fsp3) is 0.316. The third-order valence-electron chi connectivity index (χ3n) is 3.34. The summed E-state index contributed by atoms with van der Waals surface area (Å²) in [6, 6.07) is 8.79. The largest absolute Gasteiger partial charge is 0.573 e. The Morgan fingerprint density at radius 3 is 2.46 bits per heavy atom. The van der Waals surface area contributed by atoms with Crippen LogP contribution < -0.4 is 9.64 Å². The lowest BCUT2D eigenvalue weighted by molar-refractivity contribution is -0.274. The molecule has 0 saturated heterocycles. The van der Waals surface area contributed by atoms with E-state index in [2.05, 4.69) is 9.72 Å². The lowest BCUT2D eigenvalue weighted by atomic mass is 10.0. The zero-order valence-corrected chi connectivity index (χ0v) is 15.4. The van der Waals surface area contributed by atoms with E-state index < -0.39 is 23.8 Å². The van der Waals surface area contributed by atoms with Gasteiger partial charge < -0.3 is 9.47 Å². The number of anilines is 1. The predicted molar refractivity (Wildman–Crippen MR) is 95.5 cm³/mol. The van der Waals surface area contributed by atoms with Crippen LogP contribution in [0.5, 0.6) is 5.75 Å². The van der Waals surface area contributed by atoms with Gasteiger partial charge in [-0.25, -0.2) is 4.79 Å². The second-order valence-electron chi connectivity index (χ2n) is 6.66. The number of rotatable bonds is 4. The third kappa shape index (κ3) is 5.61. The first-order valence-corrected chi connectivity index (χ1v) is 8.18. The van der Waals surface area contributed by atoms with Crippen molar-refractivity contribution in [3.05, 3.63) is 42.7 Å². The SMILES string of the molecule is CC(C)(C)OC(=O)N(CC#N)c1cnccc1-c1ccccc1OC(F)(F)F. The summed E-state index contributed by atoms with van der Waals surface area (Å²) in [5.74, 6) is -0.441. The lowest BCUT2D eigenvalue weighted by Gasteiger charge is -2.27. The molecule has 0 spiro atoms. The number of amides is 1. The number of nitrogens with zero attached hydrogens (tertiary/aromatic N) is 3. The average Bonchev–Trinajstić information content (AvgIpc) is 2.57. The van der Waals surface area contributed by atoms with Gasteiger partial charge in [0.25, 0.3) is 0 Å². The molecular formula is C19H18F3N3O3. The van der Waals surface area contributed by atoms with Gasteiger partial charge in [-0.1, -0.05) is 18.2 Å². The van der Waals surface area contributed by atoms with Gasteiger partial charge in [0, 0.05) is 17.3 Å². The summed E-state index contributed by atoms with van der Waals surface area (Å²) in [6.07, 6.45) is -3.07. The summed E-state index contributed by atoms with van der Waals surface area (Å²) < 4.78 is 47.7. The maximum Gasteiger partial charge on any atom is 0.573 e. The molecule has 0 aliphatic rings. The van der Waals surface area contributed by atoms with Crippen LogP contribution in [-0.4, -0.2) is 29.6 Å². The molecule has 1 heterocycles. The fourth-order valence-corrected chi connectivity index (χ4v) is 2.37. The third-order valence-corrected chi connectivity index (χ3v) is 3.34. The molecule has 0 fully saturated rings. The molecule has 0 aliphatic heterocycles. The molecule has 148 valence electrons. The van der Waals surface area contributed by atoms with E-state index in [1.807, 2.05) is 6.07 Å². The quantitative estimate of drug-likeness (QED) is 0.690. The van der Waals surface area contributed by atoms with Crippen LogP contribution in [0.2, 0.25) is 0 Å². The highest BCUT2D eigenvalue weighted by Gasteiger charge is 2.33. The van der Waals surface area contributed by atoms with E-state index in [0.29, 0.717) is 0 Å². The fourth-order valence-electron chi connectivity index (χ4n) is 2.37. The number of benzene rings is 1. The Labute approximate surface area is 160 Å². The summed E-state index contributed by atoms with van der Waals surface area (Å²) in [7, 11) is 0. The Kier molecular flexibility index (Phi) is 6.13. The summed E-state index contributed by atoms with van der Waals surface area (Å²) >= 11 is 0. The van der Waals surface area contributed by atoms with E-state index in [0.717, 1.165) is 11.0 Å². The van der Waals surface area contributed by atoms with Gasteiger partial charge in [0.05, 0.1) is 18.0 Å². The van der Waals surface area contributed by atoms with E-state index in [1.165, 1.54) is 36.7 Å². The molecule has 0 N–H and O–H groups in total. The molecule has 0 atom stereocenters. The summed E-state index contributed by atoms with van der Waals surface area (Å²) in [5, 5.41) is 9.12. The number of nitriles is 1. The number of para-hydroxylation sites is 1. The van der Waals surface area contributed by atoms with Crippen molar-refractivity contribution < 1.29 is 27.4 Å². The molecule has 1 aromatic heterocycles. The highest BCUT2D eigenvalue weighted by Crippen LogP contribution is 2.38. The highest BCUT2D eigenvalue weighted by molar-refractivity contribution is 5.95. The molecule has 0 unspecified atom stereocenters. The van der Waals surface area contributed by atoms with Gasteiger partial charge in [-0.2, -0.15) is 5.26 Å². The van der Waals surface area contributed by atoms with Crippen molar-refractivity contribution in [2.45, 2.75) is 32.7 Å². The van der Waals surface area contributed by atoms with Crippen molar-refractivity contribution >= 4 is 11.8 Å². The Hall–Kier alpha value is -3.28. The number of carbonyl (C=O) groups is 1. The molecule has 2 rings (SSSR count). The molecule has 0 aliphatic carbocycles. The van der Waals surface area contributed by atoms with Crippen LogP contribution in [0.15, 0.2) is 42.7 Å². The molecule has 0 bridgehead atoms. The number of halogens is 3. The van der Waals surface area contributed by atoms with Gasteiger partial charge in [0.15, 0.2) is 0 Å². The molecule has 0 radical (unpaired) electrons. The Bertz CT molecular complexity index is 886. The Morgan fingerprint density at radius 2 is 1.86 bits per heavy atom. The van der Waals surface area contributed by atoms with Crippen molar-refractivity contribution in [2.24, 2.45) is 0 Å². The molecule has 2 aromatic rings. The zero-order chi connectivity index (χ0) is 20.9. The van der Waals surface area contributed by atoms with Crippen molar-refractivity contribution in [3.8, 4) is 22.9 Å². The maximum absolute atomic E-state index is 12.8. The second-order valence-corrected chi connectivity index (χ2v) is 6.66. The topological polar surface area (TPSA) is 75.5 Å². The van der Waals surface area contributed by atoms with Crippen LogP contribution in [0.25, 0.3) is 11.1 Å². The van der Waals surface area contributed by atoms with Gasteiger partial charge in [0.1, 0.15) is 17.9 Å². The first kappa shape index (κ1) is 21.0. The second kappa shape index (κ2) is 8.17. The standard InChI is InChI=1S/C19H18F3N3O3/c1-18(2,3)28-17(26)25(11-9-23)15-12-24-10-8-13(15)14-6-4-5-7-16(14)27-19(20,21)22/h4-8,10,12H,11H2,1-3H3. The number of pyridine rings is 1. The van der Waals surface area contributed by atoms with Crippen molar-refractivity contribution in [2.75, 3.05) is 11.4 Å². The summed E-state index contributed by atoms with van der Waals surface area (Å²) in [5.41, 5.74) is -0.388. The first-order valence-electron chi connectivity index (χ1n) is 8.18. The van der Waals surface area contributed by atoms with Crippen LogP contribution >= 0.6 is 0 Å². The molecule has 28 heavy (non-hydrogen) atoms. The number of hydrogen-bond donors (Lipinski definition) is 0.